The molecule has 2 aliphatic rings. The zero-order valence-electron chi connectivity index (χ0n) is 8.21. The fraction of sp³-hybridized carbons (Fsp3) is 0.200. The van der Waals surface area contributed by atoms with Crippen LogP contribution < -0.4 is 5.73 Å². The number of carbonyl (C=O) groups is 1. The molecule has 15 heavy (non-hydrogen) atoms. The molecule has 0 unspecified atom stereocenters. The summed E-state index contributed by atoms with van der Waals surface area (Å²) < 4.78 is 1.83. The quantitative estimate of drug-likeness (QED) is 0.752. The van der Waals surface area contributed by atoms with Gasteiger partial charge in [0.05, 0.1) is 0 Å². The molecule has 5 heteroatoms. The maximum atomic E-state index is 10.8. The second-order valence-electron chi connectivity index (χ2n) is 3.39. The molecule has 0 aromatic rings. The van der Waals surface area contributed by atoms with Gasteiger partial charge in [-0.3, -0.25) is 4.79 Å². The third kappa shape index (κ3) is 1.46. The number of carboxylic acids is 1. The lowest BCUT2D eigenvalue weighted by molar-refractivity contribution is -0.138. The Morgan fingerprint density at radius 3 is 3.07 bits per heavy atom. The number of hydrogen-bond acceptors (Lipinski definition) is 3. The van der Waals surface area contributed by atoms with Gasteiger partial charge in [-0.2, -0.15) is 0 Å². The largest absolute Gasteiger partial charge is 0.480 e. The Balaban J connectivity index is 2.54. The smallest absolute Gasteiger partial charge is 0.325 e. The van der Waals surface area contributed by atoms with Gasteiger partial charge in [0.25, 0.3) is 0 Å². The number of aromatic nitrogens is 2. The molecule has 0 fully saturated rings. The second kappa shape index (κ2) is 3.36. The Morgan fingerprint density at radius 2 is 2.40 bits per heavy atom. The van der Waals surface area contributed by atoms with E-state index in [4.69, 9.17) is 10.8 Å². The van der Waals surface area contributed by atoms with Crippen LogP contribution in [0.15, 0.2) is 24.5 Å². The van der Waals surface area contributed by atoms with Crippen LogP contribution in [0.4, 0.5) is 0 Å². The average molecular weight is 205 g/mol. The highest BCUT2D eigenvalue weighted by atomic mass is 16.4. The monoisotopic (exact) mass is 205 g/mol. The highest BCUT2D eigenvalue weighted by molar-refractivity contribution is 5.79. The Hall–Kier alpha value is -1.88. The lowest BCUT2D eigenvalue weighted by Crippen LogP contribution is -2.20. The Bertz CT molecular complexity index is 478. The molecule has 0 aromatic carbocycles. The van der Waals surface area contributed by atoms with Crippen LogP contribution in [0.2, 0.25) is 0 Å². The first-order valence-corrected chi connectivity index (χ1v) is 4.49. The van der Waals surface area contributed by atoms with Crippen LogP contribution >= 0.6 is 0 Å². The van der Waals surface area contributed by atoms with Gasteiger partial charge in [0.15, 0.2) is 0 Å². The Kier molecular flexibility index (Phi) is 2.17. The molecule has 2 rings (SSSR count). The minimum atomic E-state index is -1.05. The molecule has 0 saturated carbocycles. The highest BCUT2D eigenvalue weighted by Crippen LogP contribution is 2.27. The first kappa shape index (κ1) is 9.67. The van der Waals surface area contributed by atoms with Crippen molar-refractivity contribution in [3.63, 3.8) is 0 Å². The third-order valence-corrected chi connectivity index (χ3v) is 2.39. The predicted octanol–water partition coefficient (Wildman–Crippen LogP) is 0.609. The lowest BCUT2D eigenvalue weighted by Gasteiger charge is -2.09. The van der Waals surface area contributed by atoms with Crippen LogP contribution in [0, 0.1) is 0 Å². The number of carboxylic acid groups (broad SMARTS) is 1. The fourth-order valence-electron chi connectivity index (χ4n) is 1.57. The van der Waals surface area contributed by atoms with Crippen LogP contribution in [0.3, 0.4) is 0 Å². The van der Waals surface area contributed by atoms with Gasteiger partial charge < -0.3 is 15.4 Å². The van der Waals surface area contributed by atoms with Crippen molar-refractivity contribution in [2.24, 2.45) is 12.8 Å². The van der Waals surface area contributed by atoms with Crippen molar-refractivity contribution in [1.82, 2.24) is 9.55 Å². The van der Waals surface area contributed by atoms with Gasteiger partial charge in [-0.25, -0.2) is 4.98 Å². The molecule has 0 radical (unpaired) electrons. The first-order valence-electron chi connectivity index (χ1n) is 4.49. The van der Waals surface area contributed by atoms with Gasteiger partial charge >= 0.3 is 5.97 Å². The van der Waals surface area contributed by atoms with E-state index in [-0.39, 0.29) is 0 Å². The van der Waals surface area contributed by atoms with Crippen molar-refractivity contribution in [2.45, 2.75) is 6.04 Å². The predicted molar refractivity (Wildman–Crippen MR) is 54.4 cm³/mol. The molecule has 2 aliphatic heterocycles. The SMILES string of the molecule is Cn1cccc2c([C@H](N)C(=O)O)cnc1-2. The van der Waals surface area contributed by atoms with Crippen molar-refractivity contribution in [1.29, 1.82) is 0 Å². The van der Waals surface area contributed by atoms with Crippen LogP contribution in [0.25, 0.3) is 11.4 Å². The van der Waals surface area contributed by atoms with Crippen molar-refractivity contribution in [3.05, 3.63) is 30.1 Å². The summed E-state index contributed by atoms with van der Waals surface area (Å²) in [4.78, 5) is 14.9. The van der Waals surface area contributed by atoms with E-state index in [0.717, 1.165) is 11.4 Å². The molecule has 0 aromatic heterocycles. The molecular formula is C10H11N3O2. The molecule has 0 aliphatic carbocycles. The molecule has 78 valence electrons. The summed E-state index contributed by atoms with van der Waals surface area (Å²) in [5.74, 6) is -0.306. The molecule has 0 spiro atoms. The van der Waals surface area contributed by atoms with Crippen molar-refractivity contribution >= 4 is 5.97 Å². The molecule has 3 N–H and O–H groups in total. The van der Waals surface area contributed by atoms with Crippen LogP contribution in [-0.4, -0.2) is 20.6 Å². The van der Waals surface area contributed by atoms with Gasteiger partial charge in [-0.15, -0.1) is 0 Å². The third-order valence-electron chi connectivity index (χ3n) is 2.39. The van der Waals surface area contributed by atoms with E-state index in [1.54, 1.807) is 0 Å². The van der Waals surface area contributed by atoms with Crippen molar-refractivity contribution in [2.75, 3.05) is 0 Å². The number of aryl methyl sites for hydroxylation is 1. The van der Waals surface area contributed by atoms with Gasteiger partial charge in [0, 0.05) is 30.6 Å². The van der Waals surface area contributed by atoms with Gasteiger partial charge in [-0.05, 0) is 12.1 Å². The summed E-state index contributed by atoms with van der Waals surface area (Å²) in [6, 6.07) is 2.64. The topological polar surface area (TPSA) is 81.1 Å². The number of fused-ring (bicyclic) bond motifs is 1. The normalized spacial score (nSPS) is 12.9. The van der Waals surface area contributed by atoms with E-state index in [0.29, 0.717) is 5.56 Å². The van der Waals surface area contributed by atoms with E-state index in [9.17, 15) is 4.79 Å². The first-order chi connectivity index (χ1) is 7.11. The van der Waals surface area contributed by atoms with Crippen LogP contribution in [0.5, 0.6) is 0 Å². The van der Waals surface area contributed by atoms with E-state index in [1.165, 1.54) is 6.20 Å². The maximum absolute atomic E-state index is 10.8. The van der Waals surface area contributed by atoms with Gasteiger partial charge in [0.2, 0.25) is 0 Å². The van der Waals surface area contributed by atoms with Crippen LogP contribution in [0.1, 0.15) is 11.6 Å². The molecule has 0 bridgehead atoms. The molecule has 0 saturated heterocycles. The van der Waals surface area contributed by atoms with Gasteiger partial charge in [0.1, 0.15) is 11.9 Å². The standard InChI is InChI=1S/C10H11N3O2/c1-13-4-2-3-6-7(5-12-9(6)13)8(11)10(14)15/h2-5,8H,11H2,1H3,(H,14,15)/t8-/m0/s1. The number of aliphatic carboxylic acids is 1. The second-order valence-corrected chi connectivity index (χ2v) is 3.39. The number of pyridine rings is 1. The molecule has 1 atom stereocenters. The number of nitrogens with two attached hydrogens (primary N) is 1. The van der Waals surface area contributed by atoms with Gasteiger partial charge in [-0.1, -0.05) is 0 Å². The van der Waals surface area contributed by atoms with Crippen molar-refractivity contribution in [3.8, 4) is 11.4 Å². The highest BCUT2D eigenvalue weighted by Gasteiger charge is 2.22. The maximum Gasteiger partial charge on any atom is 0.325 e. The summed E-state index contributed by atoms with van der Waals surface area (Å²) in [5.41, 5.74) is 6.89. The summed E-state index contributed by atoms with van der Waals surface area (Å²) in [7, 11) is 1.85. The van der Waals surface area contributed by atoms with E-state index >= 15 is 0 Å². The van der Waals surface area contributed by atoms with E-state index in [1.807, 2.05) is 29.9 Å². The molecular weight excluding hydrogens is 194 g/mol. The van der Waals surface area contributed by atoms with Crippen molar-refractivity contribution < 1.29 is 9.90 Å². The lowest BCUT2D eigenvalue weighted by atomic mass is 10.1. The minimum absolute atomic E-state index is 0.550. The average Bonchev–Trinajstić information content (AvgIpc) is 2.61. The summed E-state index contributed by atoms with van der Waals surface area (Å²) in [5, 5.41) is 8.82. The van der Waals surface area contributed by atoms with E-state index < -0.39 is 12.0 Å². The number of nitrogens with zero attached hydrogens (tertiary/aromatic N) is 2. The molecule has 0 amide bonds. The minimum Gasteiger partial charge on any atom is -0.480 e. The molecule has 2 heterocycles. The van der Waals surface area contributed by atoms with Crippen LogP contribution in [-0.2, 0) is 11.8 Å². The molecule has 5 nitrogen and oxygen atoms in total. The summed E-state index contributed by atoms with van der Waals surface area (Å²) in [6.45, 7) is 0. The fourth-order valence-corrected chi connectivity index (χ4v) is 1.57. The Morgan fingerprint density at radius 1 is 1.67 bits per heavy atom. The Labute approximate surface area is 86.5 Å². The van der Waals surface area contributed by atoms with E-state index in [2.05, 4.69) is 4.98 Å². The zero-order valence-corrected chi connectivity index (χ0v) is 8.21. The number of rotatable bonds is 2. The summed E-state index contributed by atoms with van der Waals surface area (Å²) in [6.07, 6.45) is 3.37. The number of hydrogen-bond donors (Lipinski definition) is 2. The zero-order chi connectivity index (χ0) is 11.0. The summed E-state index contributed by atoms with van der Waals surface area (Å²) >= 11 is 0.